The number of hydrogen-bond acceptors (Lipinski definition) is 9. The third-order valence-electron chi connectivity index (χ3n) is 6.62. The summed E-state index contributed by atoms with van der Waals surface area (Å²) >= 11 is 0. The van der Waals surface area contributed by atoms with Gasteiger partial charge in [0.1, 0.15) is 24.4 Å². The molecule has 2 aliphatic heterocycles. The lowest BCUT2D eigenvalue weighted by molar-refractivity contribution is -0.144. The fourth-order valence-electron chi connectivity index (χ4n) is 4.51. The molecule has 0 bridgehead atoms. The average Bonchev–Trinajstić information content (AvgIpc) is 3.86. The van der Waals surface area contributed by atoms with Crippen molar-refractivity contribution in [2.75, 3.05) is 26.4 Å². The number of nitriles is 2. The molecule has 2 aromatic carbocycles. The molecule has 2 saturated heterocycles. The summed E-state index contributed by atoms with van der Waals surface area (Å²) in [5.41, 5.74) is 4.01. The van der Waals surface area contributed by atoms with Gasteiger partial charge in [-0.15, -0.1) is 0 Å². The SMILES string of the molecule is CCOC(=O)CCc1ccc(C#N)c([C@@H](O[C@H](c2cc(CCC(=O)OCC)ccc2C#N)C2CO2)C2CO2)c1. The third kappa shape index (κ3) is 7.64. The van der Waals surface area contributed by atoms with Crippen LogP contribution in [0, 0.1) is 22.7 Å². The van der Waals surface area contributed by atoms with E-state index < -0.39 is 12.2 Å². The Balaban J connectivity index is 1.61. The summed E-state index contributed by atoms with van der Waals surface area (Å²) in [6, 6.07) is 15.4. The number of nitrogens with zero attached hydrogens (tertiary/aromatic N) is 2. The number of esters is 2. The van der Waals surface area contributed by atoms with E-state index in [0.717, 1.165) is 11.1 Å². The summed E-state index contributed by atoms with van der Waals surface area (Å²) in [6.07, 6.45) is -0.275. The van der Waals surface area contributed by atoms with E-state index in [4.69, 9.17) is 23.7 Å². The lowest BCUT2D eigenvalue weighted by Gasteiger charge is -2.26. The van der Waals surface area contributed by atoms with Gasteiger partial charge in [-0.25, -0.2) is 0 Å². The number of ether oxygens (including phenoxy) is 5. The van der Waals surface area contributed by atoms with E-state index in [1.807, 2.05) is 24.3 Å². The molecule has 4 rings (SSSR count). The van der Waals surface area contributed by atoms with Gasteiger partial charge in [-0.1, -0.05) is 24.3 Å². The Kier molecular flexibility index (Phi) is 9.67. The average molecular weight is 533 g/mol. The lowest BCUT2D eigenvalue weighted by Crippen LogP contribution is -2.21. The Bertz CT molecular complexity index is 1170. The Hall–Kier alpha value is -3.76. The maximum Gasteiger partial charge on any atom is 0.306 e. The maximum absolute atomic E-state index is 11.9. The molecule has 39 heavy (non-hydrogen) atoms. The first-order valence-corrected chi connectivity index (χ1v) is 13.2. The topological polar surface area (TPSA) is 134 Å². The molecule has 2 fully saturated rings. The monoisotopic (exact) mass is 532 g/mol. The van der Waals surface area contributed by atoms with Crippen LogP contribution in [0.15, 0.2) is 36.4 Å². The van der Waals surface area contributed by atoms with Gasteiger partial charge in [0.15, 0.2) is 0 Å². The van der Waals surface area contributed by atoms with Crippen molar-refractivity contribution in [3.63, 3.8) is 0 Å². The number of aryl methyl sites for hydroxylation is 2. The minimum absolute atomic E-state index is 0.229. The van der Waals surface area contributed by atoms with Crippen LogP contribution in [0.5, 0.6) is 0 Å². The zero-order valence-electron chi connectivity index (χ0n) is 22.2. The van der Waals surface area contributed by atoms with E-state index in [1.165, 1.54) is 0 Å². The van der Waals surface area contributed by atoms with E-state index in [9.17, 15) is 20.1 Å². The largest absolute Gasteiger partial charge is 0.466 e. The molecule has 0 radical (unpaired) electrons. The molecule has 2 heterocycles. The first-order valence-electron chi connectivity index (χ1n) is 13.2. The van der Waals surface area contributed by atoms with Crippen LogP contribution < -0.4 is 0 Å². The second kappa shape index (κ2) is 13.3. The number of benzene rings is 2. The van der Waals surface area contributed by atoms with Crippen molar-refractivity contribution in [2.45, 2.75) is 63.9 Å². The van der Waals surface area contributed by atoms with Gasteiger partial charge in [-0.2, -0.15) is 10.5 Å². The molecule has 2 unspecified atom stereocenters. The number of epoxide rings is 2. The number of carbonyl (C=O) groups is 2. The van der Waals surface area contributed by atoms with Crippen molar-refractivity contribution in [1.82, 2.24) is 0 Å². The summed E-state index contributed by atoms with van der Waals surface area (Å²) in [5, 5.41) is 19.7. The summed E-state index contributed by atoms with van der Waals surface area (Å²) < 4.78 is 28.0. The second-order valence-electron chi connectivity index (χ2n) is 9.40. The standard InChI is InChI=1S/C30H32N2O7/c1-3-35-27(33)11-7-19-5-9-21(15-31)23(13-19)29(25-17-37-25)39-30(26-18-38-26)24-14-20(6-10-22(24)16-32)8-12-28(34)36-4-2/h5-6,9-10,13-14,25-26,29-30H,3-4,7-8,11-12,17-18H2,1-2H3/t25?,26?,29-,30-/m1/s1. The molecule has 204 valence electrons. The molecule has 0 N–H and O–H groups in total. The Morgan fingerprint density at radius 2 is 1.23 bits per heavy atom. The fourth-order valence-corrected chi connectivity index (χ4v) is 4.51. The highest BCUT2D eigenvalue weighted by molar-refractivity contribution is 5.70. The molecule has 0 amide bonds. The minimum Gasteiger partial charge on any atom is -0.466 e. The van der Waals surface area contributed by atoms with Gasteiger partial charge in [0.05, 0.1) is 49.7 Å². The van der Waals surface area contributed by atoms with E-state index in [1.54, 1.807) is 26.0 Å². The summed E-state index contributed by atoms with van der Waals surface area (Å²) in [5.74, 6) is -0.556. The lowest BCUT2D eigenvalue weighted by atomic mass is 9.94. The summed E-state index contributed by atoms with van der Waals surface area (Å²) in [4.78, 5) is 23.8. The van der Waals surface area contributed by atoms with Crippen LogP contribution in [0.1, 0.15) is 72.3 Å². The zero-order valence-corrected chi connectivity index (χ0v) is 22.2. The third-order valence-corrected chi connectivity index (χ3v) is 6.62. The zero-order chi connectivity index (χ0) is 27.8. The first-order chi connectivity index (χ1) is 19.0. The molecule has 0 saturated carbocycles. The molecule has 0 spiro atoms. The van der Waals surface area contributed by atoms with Crippen LogP contribution in [-0.2, 0) is 46.1 Å². The Morgan fingerprint density at radius 3 is 1.56 bits per heavy atom. The van der Waals surface area contributed by atoms with E-state index in [-0.39, 0.29) is 37.0 Å². The quantitative estimate of drug-likeness (QED) is 0.261. The van der Waals surface area contributed by atoms with Gasteiger partial charge in [0.2, 0.25) is 0 Å². The highest BCUT2D eigenvalue weighted by Crippen LogP contribution is 2.42. The van der Waals surface area contributed by atoms with Crippen molar-refractivity contribution in [3.05, 3.63) is 69.8 Å². The fraction of sp³-hybridized carbons (Fsp3) is 0.467. The molecule has 0 aliphatic carbocycles. The minimum atomic E-state index is -0.578. The van der Waals surface area contributed by atoms with E-state index in [0.29, 0.717) is 61.5 Å². The molecule has 9 nitrogen and oxygen atoms in total. The predicted octanol–water partition coefficient (Wildman–Crippen LogP) is 4.02. The van der Waals surface area contributed by atoms with E-state index >= 15 is 0 Å². The second-order valence-corrected chi connectivity index (χ2v) is 9.40. The van der Waals surface area contributed by atoms with Crippen molar-refractivity contribution < 1.29 is 33.3 Å². The predicted molar refractivity (Wildman–Crippen MR) is 138 cm³/mol. The van der Waals surface area contributed by atoms with Crippen LogP contribution in [0.2, 0.25) is 0 Å². The van der Waals surface area contributed by atoms with Gasteiger partial charge in [-0.3, -0.25) is 9.59 Å². The number of rotatable bonds is 14. The Labute approximate surface area is 228 Å². The van der Waals surface area contributed by atoms with Crippen molar-refractivity contribution >= 4 is 11.9 Å². The van der Waals surface area contributed by atoms with Crippen molar-refractivity contribution in [2.24, 2.45) is 0 Å². The van der Waals surface area contributed by atoms with Crippen molar-refractivity contribution in [1.29, 1.82) is 10.5 Å². The molecule has 0 aromatic heterocycles. The van der Waals surface area contributed by atoms with Crippen LogP contribution in [0.4, 0.5) is 0 Å². The van der Waals surface area contributed by atoms with Gasteiger partial charge < -0.3 is 23.7 Å². The first kappa shape index (κ1) is 28.3. The molecule has 4 atom stereocenters. The number of carbonyl (C=O) groups excluding carboxylic acids is 2. The van der Waals surface area contributed by atoms with Crippen LogP contribution in [0.3, 0.4) is 0 Å². The van der Waals surface area contributed by atoms with Gasteiger partial charge in [0.25, 0.3) is 0 Å². The van der Waals surface area contributed by atoms with Gasteiger partial charge in [-0.05, 0) is 49.9 Å². The molecule has 2 aromatic rings. The van der Waals surface area contributed by atoms with Crippen LogP contribution >= 0.6 is 0 Å². The number of hydrogen-bond donors (Lipinski definition) is 0. The smallest absolute Gasteiger partial charge is 0.306 e. The van der Waals surface area contributed by atoms with Gasteiger partial charge >= 0.3 is 11.9 Å². The molecular weight excluding hydrogens is 500 g/mol. The Morgan fingerprint density at radius 1 is 0.821 bits per heavy atom. The molecule has 2 aliphatic rings. The summed E-state index contributed by atoms with van der Waals surface area (Å²) in [6.45, 7) is 5.14. The van der Waals surface area contributed by atoms with Crippen LogP contribution in [-0.4, -0.2) is 50.6 Å². The summed E-state index contributed by atoms with van der Waals surface area (Å²) in [7, 11) is 0. The van der Waals surface area contributed by atoms with E-state index in [2.05, 4.69) is 12.1 Å². The molecular formula is C30H32N2O7. The van der Waals surface area contributed by atoms with Crippen molar-refractivity contribution in [3.8, 4) is 12.1 Å². The van der Waals surface area contributed by atoms with Gasteiger partial charge in [0, 0.05) is 24.0 Å². The highest BCUT2D eigenvalue weighted by Gasteiger charge is 2.43. The molecule has 9 heteroatoms. The maximum atomic E-state index is 11.9. The highest BCUT2D eigenvalue weighted by atomic mass is 16.6. The van der Waals surface area contributed by atoms with Crippen LogP contribution in [0.25, 0.3) is 0 Å². The normalized spacial score (nSPS) is 18.8.